The maximum Gasteiger partial charge on any atom is 0.407 e. The second-order valence-electron chi connectivity index (χ2n) is 6.29. The predicted molar refractivity (Wildman–Crippen MR) is 90.5 cm³/mol. The molecule has 0 unspecified atom stereocenters. The molecule has 0 aromatic carbocycles. The first-order valence-corrected chi connectivity index (χ1v) is 10.0. The second kappa shape index (κ2) is 7.34. The summed E-state index contributed by atoms with van der Waals surface area (Å²) in [5.41, 5.74) is 0. The van der Waals surface area contributed by atoms with Gasteiger partial charge in [-0.05, 0) is 36.7 Å². The molecule has 8 heteroatoms. The lowest BCUT2D eigenvalue weighted by Crippen LogP contribution is -2.44. The van der Waals surface area contributed by atoms with Gasteiger partial charge in [-0.3, -0.25) is 4.79 Å². The summed E-state index contributed by atoms with van der Waals surface area (Å²) in [7, 11) is 0. The number of rotatable bonds is 5. The number of amides is 2. The zero-order chi connectivity index (χ0) is 16.3. The minimum atomic E-state index is -0.553. The van der Waals surface area contributed by atoms with Crippen LogP contribution in [0.3, 0.4) is 0 Å². The summed E-state index contributed by atoms with van der Waals surface area (Å²) in [5.74, 6) is 2.43. The molecule has 3 rings (SSSR count). The van der Waals surface area contributed by atoms with Crippen LogP contribution in [0.4, 0.5) is 4.79 Å². The molecule has 2 amide bonds. The number of carbonyl (C=O) groups excluding carboxylic acids is 3. The van der Waals surface area contributed by atoms with Crippen LogP contribution in [0.15, 0.2) is 0 Å². The number of ether oxygens (including phenoxy) is 1. The highest BCUT2D eigenvalue weighted by molar-refractivity contribution is 8.18. The number of hydrogen-bond acceptors (Lipinski definition) is 6. The molecule has 0 aromatic rings. The minimum Gasteiger partial charge on any atom is -0.449 e. The minimum absolute atomic E-state index is 0.0496. The van der Waals surface area contributed by atoms with E-state index in [2.05, 4.69) is 5.32 Å². The smallest absolute Gasteiger partial charge is 0.407 e. The number of aldehydes is 1. The summed E-state index contributed by atoms with van der Waals surface area (Å²) in [4.78, 5) is 36.9. The van der Waals surface area contributed by atoms with Crippen LogP contribution in [0.5, 0.6) is 0 Å². The number of nitrogens with one attached hydrogen (secondary N) is 1. The van der Waals surface area contributed by atoms with Crippen LogP contribution in [-0.4, -0.2) is 64.5 Å². The van der Waals surface area contributed by atoms with E-state index in [0.29, 0.717) is 25.5 Å². The Morgan fingerprint density at radius 3 is 2.70 bits per heavy atom. The van der Waals surface area contributed by atoms with Crippen LogP contribution in [0, 0.1) is 5.92 Å². The van der Waals surface area contributed by atoms with Gasteiger partial charge in [-0.25, -0.2) is 4.79 Å². The van der Waals surface area contributed by atoms with E-state index >= 15 is 0 Å². The number of nitrogens with zero attached hydrogens (tertiary/aromatic N) is 1. The highest BCUT2D eigenvalue weighted by Gasteiger charge is 2.47. The van der Waals surface area contributed by atoms with E-state index in [1.807, 2.05) is 23.5 Å². The van der Waals surface area contributed by atoms with E-state index < -0.39 is 6.09 Å². The molecule has 1 N–H and O–H groups in total. The number of likely N-dealkylation sites (tertiary alicyclic amines) is 1. The molecule has 23 heavy (non-hydrogen) atoms. The Bertz CT molecular complexity index is 478. The van der Waals surface area contributed by atoms with Gasteiger partial charge in [0.1, 0.15) is 12.8 Å². The summed E-state index contributed by atoms with van der Waals surface area (Å²) < 4.78 is 4.99. The maximum atomic E-state index is 12.4. The summed E-state index contributed by atoms with van der Waals surface area (Å²) in [6, 6.07) is -0.384. The second-order valence-corrected chi connectivity index (χ2v) is 9.50. The number of hydrogen-bond donors (Lipinski definition) is 1. The van der Waals surface area contributed by atoms with Gasteiger partial charge in [0.15, 0.2) is 0 Å². The van der Waals surface area contributed by atoms with Gasteiger partial charge in [0.25, 0.3) is 0 Å². The first kappa shape index (κ1) is 17.0. The molecule has 3 aliphatic rings. The van der Waals surface area contributed by atoms with Gasteiger partial charge in [-0.15, -0.1) is 23.5 Å². The lowest BCUT2D eigenvalue weighted by molar-refractivity contribution is -0.133. The lowest BCUT2D eigenvalue weighted by Gasteiger charge is -2.31. The zero-order valence-corrected chi connectivity index (χ0v) is 14.6. The highest BCUT2D eigenvalue weighted by Crippen LogP contribution is 2.49. The van der Waals surface area contributed by atoms with E-state index in [9.17, 15) is 14.4 Å². The Kier molecular flexibility index (Phi) is 5.41. The molecule has 3 fully saturated rings. The number of carbonyl (C=O) groups is 3. The molecule has 0 bridgehead atoms. The molecule has 2 saturated heterocycles. The molecule has 1 atom stereocenters. The topological polar surface area (TPSA) is 75.7 Å². The Labute approximate surface area is 144 Å². The van der Waals surface area contributed by atoms with Crippen LogP contribution >= 0.6 is 23.5 Å². The molecule has 2 aliphatic heterocycles. The third-order valence-corrected chi connectivity index (χ3v) is 7.70. The normalized spacial score (nSPS) is 26.1. The quantitative estimate of drug-likeness (QED) is 0.751. The standard InChI is InChI=1S/C15H22N2O4S2/c18-8-12-6-15(22-4-1-5-23-15)10-17(12)13(19)7-16-14(20)21-9-11-2-3-11/h8,11-12H,1-7,9-10H2,(H,16,20)/t12-/m0/s1. The molecule has 1 saturated carbocycles. The molecule has 0 aromatic heterocycles. The molecular formula is C15H22N2O4S2. The number of alkyl carbamates (subject to hydrolysis) is 1. The van der Waals surface area contributed by atoms with E-state index in [4.69, 9.17) is 4.74 Å². The Balaban J connectivity index is 1.48. The van der Waals surface area contributed by atoms with Crippen molar-refractivity contribution in [2.24, 2.45) is 5.92 Å². The molecule has 6 nitrogen and oxygen atoms in total. The zero-order valence-electron chi connectivity index (χ0n) is 13.0. The molecule has 0 radical (unpaired) electrons. The van der Waals surface area contributed by atoms with E-state index in [0.717, 1.165) is 30.6 Å². The summed E-state index contributed by atoms with van der Waals surface area (Å²) in [5, 5.41) is 2.50. The van der Waals surface area contributed by atoms with Crippen LogP contribution in [0.25, 0.3) is 0 Å². The van der Waals surface area contributed by atoms with Gasteiger partial charge < -0.3 is 19.7 Å². The van der Waals surface area contributed by atoms with Gasteiger partial charge in [0, 0.05) is 13.0 Å². The lowest BCUT2D eigenvalue weighted by atomic mass is 10.2. The third-order valence-electron chi connectivity index (χ3n) is 4.36. The molecule has 1 spiro atoms. The van der Waals surface area contributed by atoms with Crippen LogP contribution < -0.4 is 5.32 Å². The summed E-state index contributed by atoms with van der Waals surface area (Å²) >= 11 is 3.71. The Morgan fingerprint density at radius 1 is 1.30 bits per heavy atom. The average molecular weight is 358 g/mol. The average Bonchev–Trinajstić information content (AvgIpc) is 3.33. The molecular weight excluding hydrogens is 336 g/mol. The predicted octanol–water partition coefficient (Wildman–Crippen LogP) is 1.49. The highest BCUT2D eigenvalue weighted by atomic mass is 32.2. The first-order valence-electron chi connectivity index (χ1n) is 8.05. The van der Waals surface area contributed by atoms with E-state index in [-0.39, 0.29) is 22.6 Å². The largest absolute Gasteiger partial charge is 0.449 e. The van der Waals surface area contributed by atoms with Crippen molar-refractivity contribution in [1.29, 1.82) is 0 Å². The third kappa shape index (κ3) is 4.35. The van der Waals surface area contributed by atoms with Crippen LogP contribution in [-0.2, 0) is 14.3 Å². The van der Waals surface area contributed by atoms with Gasteiger partial charge >= 0.3 is 6.09 Å². The van der Waals surface area contributed by atoms with Gasteiger partial charge in [-0.1, -0.05) is 0 Å². The van der Waals surface area contributed by atoms with Crippen molar-refractivity contribution >= 4 is 41.8 Å². The van der Waals surface area contributed by atoms with Crippen LogP contribution in [0.2, 0.25) is 0 Å². The van der Waals surface area contributed by atoms with Gasteiger partial charge in [-0.2, -0.15) is 0 Å². The van der Waals surface area contributed by atoms with Gasteiger partial charge in [0.05, 0.1) is 16.7 Å². The van der Waals surface area contributed by atoms with E-state index in [1.54, 1.807) is 4.90 Å². The fourth-order valence-corrected chi connectivity index (χ4v) is 6.24. The van der Waals surface area contributed by atoms with Crippen molar-refractivity contribution in [1.82, 2.24) is 10.2 Å². The van der Waals surface area contributed by atoms with Crippen molar-refractivity contribution in [3.05, 3.63) is 0 Å². The van der Waals surface area contributed by atoms with Crippen LogP contribution in [0.1, 0.15) is 25.7 Å². The molecule has 2 heterocycles. The van der Waals surface area contributed by atoms with Crippen molar-refractivity contribution in [3.8, 4) is 0 Å². The van der Waals surface area contributed by atoms with Crippen molar-refractivity contribution < 1.29 is 19.1 Å². The van der Waals surface area contributed by atoms with Crippen molar-refractivity contribution in [2.75, 3.05) is 31.2 Å². The summed E-state index contributed by atoms with van der Waals surface area (Å²) in [6.45, 7) is 0.889. The fraction of sp³-hybridized carbons (Fsp3) is 0.800. The van der Waals surface area contributed by atoms with Gasteiger partial charge in [0.2, 0.25) is 5.91 Å². The summed E-state index contributed by atoms with van der Waals surface area (Å²) in [6.07, 6.45) is 4.39. The van der Waals surface area contributed by atoms with E-state index in [1.165, 1.54) is 6.42 Å². The molecule has 128 valence electrons. The Morgan fingerprint density at radius 2 is 2.04 bits per heavy atom. The first-order chi connectivity index (χ1) is 11.1. The SMILES string of the molecule is O=C[C@@H]1CC2(CN1C(=O)CNC(=O)OCC1CC1)SCCCS2. The number of thioether (sulfide) groups is 2. The monoisotopic (exact) mass is 358 g/mol. The fourth-order valence-electron chi connectivity index (χ4n) is 2.87. The Hall–Kier alpha value is -0.890. The van der Waals surface area contributed by atoms with Crippen molar-refractivity contribution in [2.45, 2.75) is 35.8 Å². The van der Waals surface area contributed by atoms with Crippen molar-refractivity contribution in [3.63, 3.8) is 0 Å². The maximum absolute atomic E-state index is 12.4. The molecule has 1 aliphatic carbocycles.